The zero-order valence-corrected chi connectivity index (χ0v) is 9.24. The maximum absolute atomic E-state index is 8.75. The molecule has 0 aliphatic rings. The molecule has 0 spiro atoms. The second kappa shape index (κ2) is 3.09. The van der Waals surface area contributed by atoms with Crippen LogP contribution in [-0.4, -0.2) is 4.98 Å². The highest BCUT2D eigenvalue weighted by atomic mass is 79.9. The van der Waals surface area contributed by atoms with Crippen molar-refractivity contribution >= 4 is 37.5 Å². The molecule has 2 rings (SSSR count). The largest absolute Gasteiger partial charge is 0.229 e. The molecule has 2 aromatic rings. The maximum atomic E-state index is 8.75. The number of nitrogens with zero attached hydrogens (tertiary/aromatic N) is 2. The molecule has 0 aliphatic carbocycles. The van der Waals surface area contributed by atoms with E-state index in [1.165, 1.54) is 0 Å². The Labute approximate surface area is 88.0 Å². The van der Waals surface area contributed by atoms with Crippen molar-refractivity contribution in [2.75, 3.05) is 0 Å². The van der Waals surface area contributed by atoms with E-state index in [4.69, 9.17) is 5.26 Å². The highest BCUT2D eigenvalue weighted by molar-refractivity contribution is 9.11. The van der Waals surface area contributed by atoms with Gasteiger partial charge in [0.25, 0.3) is 0 Å². The van der Waals surface area contributed by atoms with E-state index in [0.717, 1.165) is 19.7 Å². The molecule has 0 radical (unpaired) electrons. The van der Waals surface area contributed by atoms with E-state index < -0.39 is 0 Å². The number of aromatic nitrogens is 1. The average Bonchev–Trinajstić information content (AvgIpc) is 2.46. The number of thiazole rings is 1. The summed E-state index contributed by atoms with van der Waals surface area (Å²) in [5.74, 6) is 0. The molecule has 1 aromatic heterocycles. The third kappa shape index (κ3) is 1.45. The highest BCUT2D eigenvalue weighted by Crippen LogP contribution is 2.28. The summed E-state index contributed by atoms with van der Waals surface area (Å²) in [5.41, 5.74) is 2.73. The average molecular weight is 253 g/mol. The first-order valence-corrected chi connectivity index (χ1v) is 5.28. The lowest BCUT2D eigenvalue weighted by Crippen LogP contribution is -1.79. The van der Waals surface area contributed by atoms with Crippen LogP contribution < -0.4 is 0 Å². The van der Waals surface area contributed by atoms with Gasteiger partial charge in [-0.1, -0.05) is 0 Å². The fourth-order valence-corrected chi connectivity index (χ4v) is 2.74. The Balaban J connectivity index is 2.85. The van der Waals surface area contributed by atoms with E-state index >= 15 is 0 Å². The molecule has 0 bridgehead atoms. The van der Waals surface area contributed by atoms with Crippen molar-refractivity contribution in [3.63, 3.8) is 0 Å². The summed E-state index contributed by atoms with van der Waals surface area (Å²) in [6.45, 7) is 1.97. The molecule has 0 saturated carbocycles. The SMILES string of the molecule is Cc1cc(C#N)cc2sc(Br)nc12. The second-order valence-electron chi connectivity index (χ2n) is 2.72. The lowest BCUT2D eigenvalue weighted by Gasteiger charge is -1.94. The van der Waals surface area contributed by atoms with Crippen molar-refractivity contribution in [1.29, 1.82) is 5.26 Å². The van der Waals surface area contributed by atoms with Gasteiger partial charge in [-0.15, -0.1) is 11.3 Å². The Morgan fingerprint density at radius 1 is 1.54 bits per heavy atom. The number of hydrogen-bond donors (Lipinski definition) is 0. The van der Waals surface area contributed by atoms with Crippen molar-refractivity contribution in [1.82, 2.24) is 4.98 Å². The van der Waals surface area contributed by atoms with Gasteiger partial charge in [0.1, 0.15) is 0 Å². The van der Waals surface area contributed by atoms with Crippen molar-refractivity contribution in [3.8, 4) is 6.07 Å². The Morgan fingerprint density at radius 2 is 2.31 bits per heavy atom. The molecular weight excluding hydrogens is 248 g/mol. The summed E-state index contributed by atoms with van der Waals surface area (Å²) in [4.78, 5) is 4.31. The molecule has 1 aromatic carbocycles. The molecule has 0 unspecified atom stereocenters. The lowest BCUT2D eigenvalue weighted by atomic mass is 10.1. The van der Waals surface area contributed by atoms with Crippen LogP contribution in [0.2, 0.25) is 0 Å². The zero-order valence-electron chi connectivity index (χ0n) is 6.84. The summed E-state index contributed by atoms with van der Waals surface area (Å²) >= 11 is 4.88. The van der Waals surface area contributed by atoms with Gasteiger partial charge in [-0.25, -0.2) is 4.98 Å². The van der Waals surface area contributed by atoms with Gasteiger partial charge in [-0.05, 0) is 40.5 Å². The molecule has 0 aliphatic heterocycles. The van der Waals surface area contributed by atoms with E-state index in [9.17, 15) is 0 Å². The highest BCUT2D eigenvalue weighted by Gasteiger charge is 2.05. The van der Waals surface area contributed by atoms with E-state index in [-0.39, 0.29) is 0 Å². The van der Waals surface area contributed by atoms with Crippen LogP contribution >= 0.6 is 27.3 Å². The molecule has 0 N–H and O–H groups in total. The summed E-state index contributed by atoms with van der Waals surface area (Å²) < 4.78 is 1.92. The molecule has 13 heavy (non-hydrogen) atoms. The normalized spacial score (nSPS) is 10.2. The molecule has 64 valence electrons. The smallest absolute Gasteiger partial charge is 0.160 e. The fourth-order valence-electron chi connectivity index (χ4n) is 1.23. The van der Waals surface area contributed by atoms with Crippen molar-refractivity contribution in [2.45, 2.75) is 6.92 Å². The Bertz CT molecular complexity index is 510. The van der Waals surface area contributed by atoms with Gasteiger partial charge in [0.15, 0.2) is 3.92 Å². The zero-order chi connectivity index (χ0) is 9.42. The Hall–Kier alpha value is -0.920. The van der Waals surface area contributed by atoms with Crippen LogP contribution in [0.15, 0.2) is 16.0 Å². The fraction of sp³-hybridized carbons (Fsp3) is 0.111. The van der Waals surface area contributed by atoms with Crippen molar-refractivity contribution in [3.05, 3.63) is 27.2 Å². The number of fused-ring (bicyclic) bond motifs is 1. The minimum atomic E-state index is 0.696. The predicted octanol–water partition coefficient (Wildman–Crippen LogP) is 3.24. The van der Waals surface area contributed by atoms with E-state index in [1.807, 2.05) is 19.1 Å². The van der Waals surface area contributed by atoms with Gasteiger partial charge in [-0.3, -0.25) is 0 Å². The third-order valence-corrected chi connectivity index (χ3v) is 3.24. The van der Waals surface area contributed by atoms with Gasteiger partial charge >= 0.3 is 0 Å². The number of halogens is 1. The minimum Gasteiger partial charge on any atom is -0.229 e. The summed E-state index contributed by atoms with van der Waals surface area (Å²) in [5, 5.41) is 8.75. The molecular formula is C9H5BrN2S. The summed E-state index contributed by atoms with van der Waals surface area (Å²) in [6, 6.07) is 5.85. The first-order valence-electron chi connectivity index (χ1n) is 3.67. The predicted molar refractivity (Wildman–Crippen MR) is 56.8 cm³/mol. The molecule has 2 nitrogen and oxygen atoms in total. The van der Waals surface area contributed by atoms with Crippen LogP contribution in [0.3, 0.4) is 0 Å². The van der Waals surface area contributed by atoms with Crippen molar-refractivity contribution < 1.29 is 0 Å². The van der Waals surface area contributed by atoms with Gasteiger partial charge in [-0.2, -0.15) is 5.26 Å². The van der Waals surface area contributed by atoms with Crippen LogP contribution in [0.25, 0.3) is 10.2 Å². The van der Waals surface area contributed by atoms with Gasteiger partial charge in [0.2, 0.25) is 0 Å². The molecule has 0 fully saturated rings. The Morgan fingerprint density at radius 3 is 3.00 bits per heavy atom. The van der Waals surface area contributed by atoms with Gasteiger partial charge in [0, 0.05) is 0 Å². The molecule has 1 heterocycles. The Kier molecular flexibility index (Phi) is 2.06. The number of nitriles is 1. The first-order chi connectivity index (χ1) is 6.20. The van der Waals surface area contributed by atoms with Crippen LogP contribution in [0.1, 0.15) is 11.1 Å². The molecule has 4 heteroatoms. The lowest BCUT2D eigenvalue weighted by molar-refractivity contribution is 1.38. The van der Waals surface area contributed by atoms with Gasteiger partial charge < -0.3 is 0 Å². The minimum absolute atomic E-state index is 0.696. The summed E-state index contributed by atoms with van der Waals surface area (Å²) in [7, 11) is 0. The summed E-state index contributed by atoms with van der Waals surface area (Å²) in [6.07, 6.45) is 0. The number of hydrogen-bond acceptors (Lipinski definition) is 3. The van der Waals surface area contributed by atoms with Crippen LogP contribution in [0.5, 0.6) is 0 Å². The van der Waals surface area contributed by atoms with Gasteiger partial charge in [0.05, 0.1) is 21.8 Å². The van der Waals surface area contributed by atoms with E-state index in [2.05, 4.69) is 27.0 Å². The van der Waals surface area contributed by atoms with Crippen LogP contribution in [0.4, 0.5) is 0 Å². The molecule has 0 saturated heterocycles. The quantitative estimate of drug-likeness (QED) is 0.722. The number of benzene rings is 1. The second-order valence-corrected chi connectivity index (χ2v) is 5.03. The first kappa shape index (κ1) is 8.67. The van der Waals surface area contributed by atoms with Crippen molar-refractivity contribution in [2.24, 2.45) is 0 Å². The monoisotopic (exact) mass is 252 g/mol. The standard InChI is InChI=1S/C9H5BrN2S/c1-5-2-6(4-11)3-7-8(5)12-9(10)13-7/h2-3H,1H3. The van der Waals surface area contributed by atoms with Crippen LogP contribution in [0, 0.1) is 18.3 Å². The van der Waals surface area contributed by atoms with E-state index in [1.54, 1.807) is 11.3 Å². The number of rotatable bonds is 0. The topological polar surface area (TPSA) is 36.7 Å². The molecule has 0 amide bonds. The third-order valence-electron chi connectivity index (χ3n) is 1.79. The number of aryl methyl sites for hydroxylation is 1. The van der Waals surface area contributed by atoms with Crippen LogP contribution in [-0.2, 0) is 0 Å². The van der Waals surface area contributed by atoms with E-state index in [0.29, 0.717) is 5.56 Å². The molecule has 0 atom stereocenters. The maximum Gasteiger partial charge on any atom is 0.160 e.